The van der Waals surface area contributed by atoms with Crippen molar-refractivity contribution in [3.63, 3.8) is 0 Å². The van der Waals surface area contributed by atoms with Crippen LogP contribution < -0.4 is 0 Å². The number of nitrogens with zero attached hydrogens (tertiary/aromatic N) is 5. The number of esters is 1. The maximum absolute atomic E-state index is 12.5. The summed E-state index contributed by atoms with van der Waals surface area (Å²) >= 11 is 1.26. The van der Waals surface area contributed by atoms with Gasteiger partial charge >= 0.3 is 5.97 Å². The summed E-state index contributed by atoms with van der Waals surface area (Å²) in [6.45, 7) is 1.72. The predicted molar refractivity (Wildman–Crippen MR) is 84.9 cm³/mol. The lowest BCUT2D eigenvalue weighted by Gasteiger charge is -2.09. The van der Waals surface area contributed by atoms with E-state index in [9.17, 15) is 4.79 Å². The molecule has 1 aromatic carbocycles. The summed E-state index contributed by atoms with van der Waals surface area (Å²) in [5.41, 5.74) is 1.95. The molecule has 0 aliphatic rings. The SMILES string of the molecule is C[C@@H](OC(=O)c1sccc1-n1cnnn1)c1nc2ccccc2o1. The Morgan fingerprint density at radius 1 is 1.33 bits per heavy atom. The number of hydrogen-bond donors (Lipinski definition) is 0. The van der Waals surface area contributed by atoms with Gasteiger partial charge in [-0.25, -0.2) is 9.78 Å². The number of para-hydroxylation sites is 2. The Balaban J connectivity index is 1.57. The largest absolute Gasteiger partial charge is 0.448 e. The van der Waals surface area contributed by atoms with Crippen LogP contribution in [0.4, 0.5) is 0 Å². The number of oxazole rings is 1. The van der Waals surface area contributed by atoms with Gasteiger partial charge in [-0.1, -0.05) is 12.1 Å². The summed E-state index contributed by atoms with van der Waals surface area (Å²) < 4.78 is 12.5. The van der Waals surface area contributed by atoms with E-state index in [1.54, 1.807) is 18.4 Å². The van der Waals surface area contributed by atoms with E-state index >= 15 is 0 Å². The normalized spacial score (nSPS) is 12.4. The number of hydrogen-bond acceptors (Lipinski definition) is 8. The third kappa shape index (κ3) is 2.54. The molecule has 0 aliphatic carbocycles. The molecule has 4 rings (SSSR count). The van der Waals surface area contributed by atoms with Crippen LogP contribution in [0.25, 0.3) is 16.8 Å². The highest BCUT2D eigenvalue weighted by Gasteiger charge is 2.22. The summed E-state index contributed by atoms with van der Waals surface area (Å²) in [5.74, 6) is -0.129. The van der Waals surface area contributed by atoms with Gasteiger partial charge in [-0.3, -0.25) is 0 Å². The predicted octanol–water partition coefficient (Wildman–Crippen LogP) is 2.78. The van der Waals surface area contributed by atoms with E-state index in [-0.39, 0.29) is 0 Å². The van der Waals surface area contributed by atoms with Gasteiger partial charge in [0.2, 0.25) is 5.89 Å². The van der Waals surface area contributed by atoms with Crippen LogP contribution >= 0.6 is 11.3 Å². The van der Waals surface area contributed by atoms with Gasteiger partial charge < -0.3 is 9.15 Å². The number of carbonyl (C=O) groups excluding carboxylic acids is 1. The zero-order valence-corrected chi connectivity index (χ0v) is 13.3. The fourth-order valence-electron chi connectivity index (χ4n) is 2.24. The number of rotatable bonds is 4. The van der Waals surface area contributed by atoms with E-state index in [0.717, 1.165) is 5.52 Å². The minimum Gasteiger partial charge on any atom is -0.448 e. The van der Waals surface area contributed by atoms with Gasteiger partial charge in [0.1, 0.15) is 16.7 Å². The first-order chi connectivity index (χ1) is 11.7. The second-order valence-electron chi connectivity index (χ2n) is 4.96. The summed E-state index contributed by atoms with van der Waals surface area (Å²) in [6, 6.07) is 9.14. The molecule has 0 radical (unpaired) electrons. The first kappa shape index (κ1) is 14.5. The van der Waals surface area contributed by atoms with Gasteiger partial charge in [0.25, 0.3) is 0 Å². The highest BCUT2D eigenvalue weighted by molar-refractivity contribution is 7.12. The molecule has 0 fully saturated rings. The van der Waals surface area contributed by atoms with Crippen molar-refractivity contribution in [2.75, 3.05) is 0 Å². The molecular weight excluding hydrogens is 330 g/mol. The van der Waals surface area contributed by atoms with Crippen LogP contribution in [-0.4, -0.2) is 31.2 Å². The maximum atomic E-state index is 12.5. The quantitative estimate of drug-likeness (QED) is 0.527. The fourth-order valence-corrected chi connectivity index (χ4v) is 3.00. The number of fused-ring (bicyclic) bond motifs is 1. The maximum Gasteiger partial charge on any atom is 0.351 e. The van der Waals surface area contributed by atoms with Crippen molar-refractivity contribution in [3.8, 4) is 5.69 Å². The monoisotopic (exact) mass is 341 g/mol. The lowest BCUT2D eigenvalue weighted by molar-refractivity contribution is 0.0288. The summed E-state index contributed by atoms with van der Waals surface area (Å²) in [4.78, 5) is 17.2. The Kier molecular flexibility index (Phi) is 3.54. The third-order valence-corrected chi connectivity index (χ3v) is 4.25. The fraction of sp³-hybridized carbons (Fsp3) is 0.133. The summed E-state index contributed by atoms with van der Waals surface area (Å²) in [6.07, 6.45) is 0.803. The number of ether oxygens (including phenoxy) is 1. The van der Waals surface area contributed by atoms with Gasteiger partial charge in [-0.2, -0.15) is 4.68 Å². The zero-order valence-electron chi connectivity index (χ0n) is 12.5. The molecule has 3 heterocycles. The molecule has 24 heavy (non-hydrogen) atoms. The van der Waals surface area contributed by atoms with Gasteiger partial charge in [-0.05, 0) is 40.9 Å². The van der Waals surface area contributed by atoms with Crippen LogP contribution in [0.15, 0.2) is 46.5 Å². The molecule has 0 bridgehead atoms. The molecule has 0 unspecified atom stereocenters. The molecule has 120 valence electrons. The van der Waals surface area contributed by atoms with E-state index < -0.39 is 12.1 Å². The number of carbonyl (C=O) groups is 1. The van der Waals surface area contributed by atoms with E-state index in [1.165, 1.54) is 22.3 Å². The average Bonchev–Trinajstić information content (AvgIpc) is 3.32. The van der Waals surface area contributed by atoms with E-state index in [2.05, 4.69) is 20.5 Å². The highest BCUT2D eigenvalue weighted by Crippen LogP contribution is 2.26. The minimum atomic E-state index is -0.617. The summed E-state index contributed by atoms with van der Waals surface area (Å²) in [5, 5.41) is 12.7. The average molecular weight is 341 g/mol. The van der Waals surface area contributed by atoms with Crippen LogP contribution in [-0.2, 0) is 4.74 Å². The molecule has 0 amide bonds. The van der Waals surface area contributed by atoms with Gasteiger partial charge in [0.05, 0.1) is 5.69 Å². The van der Waals surface area contributed by atoms with Crippen molar-refractivity contribution in [1.82, 2.24) is 25.2 Å². The molecule has 0 spiro atoms. The van der Waals surface area contributed by atoms with E-state index in [1.807, 2.05) is 24.3 Å². The molecule has 1 atom stereocenters. The van der Waals surface area contributed by atoms with Crippen LogP contribution in [0, 0.1) is 0 Å². The Morgan fingerprint density at radius 3 is 3.00 bits per heavy atom. The van der Waals surface area contributed by atoms with Crippen LogP contribution in [0.5, 0.6) is 0 Å². The Hall–Kier alpha value is -3.07. The standard InChI is InChI=1S/C15H11N5O3S/c1-9(14-17-10-4-2-3-5-12(10)23-14)22-15(21)13-11(6-7-24-13)20-8-16-18-19-20/h2-9H,1H3/t9-/m1/s1. The smallest absolute Gasteiger partial charge is 0.351 e. The lowest BCUT2D eigenvalue weighted by atomic mass is 10.3. The Labute approximate surface area is 139 Å². The van der Waals surface area contributed by atoms with Crippen LogP contribution in [0.3, 0.4) is 0 Å². The van der Waals surface area contributed by atoms with Crippen molar-refractivity contribution in [3.05, 3.63) is 52.8 Å². The topological polar surface area (TPSA) is 95.9 Å². The Bertz CT molecular complexity index is 959. The first-order valence-corrected chi connectivity index (χ1v) is 7.97. The molecule has 3 aromatic heterocycles. The van der Waals surface area contributed by atoms with E-state index in [0.29, 0.717) is 22.0 Å². The molecular formula is C15H11N5O3S. The summed E-state index contributed by atoms with van der Waals surface area (Å²) in [7, 11) is 0. The molecule has 4 aromatic rings. The molecule has 0 saturated heterocycles. The van der Waals surface area contributed by atoms with Gasteiger partial charge in [0.15, 0.2) is 11.7 Å². The van der Waals surface area contributed by atoms with Crippen molar-refractivity contribution in [1.29, 1.82) is 0 Å². The number of benzene rings is 1. The Morgan fingerprint density at radius 2 is 2.21 bits per heavy atom. The second kappa shape index (κ2) is 5.85. The van der Waals surface area contributed by atoms with Crippen LogP contribution in [0.1, 0.15) is 28.6 Å². The number of tetrazole rings is 1. The van der Waals surface area contributed by atoms with Gasteiger partial charge in [-0.15, -0.1) is 16.4 Å². The van der Waals surface area contributed by atoms with Crippen molar-refractivity contribution < 1.29 is 13.9 Å². The molecule has 0 aliphatic heterocycles. The minimum absolute atomic E-state index is 0.352. The van der Waals surface area contributed by atoms with Crippen molar-refractivity contribution in [2.24, 2.45) is 0 Å². The van der Waals surface area contributed by atoms with Crippen molar-refractivity contribution in [2.45, 2.75) is 13.0 Å². The lowest BCUT2D eigenvalue weighted by Crippen LogP contribution is -2.11. The highest BCUT2D eigenvalue weighted by atomic mass is 32.1. The molecule has 0 saturated carbocycles. The molecule has 8 nitrogen and oxygen atoms in total. The molecule has 0 N–H and O–H groups in total. The first-order valence-electron chi connectivity index (χ1n) is 7.09. The van der Waals surface area contributed by atoms with E-state index in [4.69, 9.17) is 9.15 Å². The number of aromatic nitrogens is 5. The second-order valence-corrected chi connectivity index (χ2v) is 5.87. The third-order valence-electron chi connectivity index (χ3n) is 3.37. The zero-order chi connectivity index (χ0) is 16.5. The van der Waals surface area contributed by atoms with Gasteiger partial charge in [0, 0.05) is 0 Å². The number of thiophene rings is 1. The molecule has 9 heteroatoms. The van der Waals surface area contributed by atoms with Crippen molar-refractivity contribution >= 4 is 28.4 Å². The van der Waals surface area contributed by atoms with Crippen LogP contribution in [0.2, 0.25) is 0 Å².